The van der Waals surface area contributed by atoms with E-state index in [1.165, 1.54) is 23.4 Å². The second-order valence-electron chi connectivity index (χ2n) is 6.88. The number of hydrogen-bond donors (Lipinski definition) is 1. The molecule has 1 fully saturated rings. The first kappa shape index (κ1) is 21.8. The fourth-order valence-electron chi connectivity index (χ4n) is 3.21. The average Bonchev–Trinajstić information content (AvgIpc) is 2.70. The summed E-state index contributed by atoms with van der Waals surface area (Å²) in [4.78, 5) is 24.2. The second-order valence-corrected chi connectivity index (χ2v) is 9.66. The lowest BCUT2D eigenvalue weighted by molar-refractivity contribution is -0.120. The van der Waals surface area contributed by atoms with E-state index in [1.54, 1.807) is 30.3 Å². The van der Waals surface area contributed by atoms with Gasteiger partial charge in [-0.05, 0) is 50.1 Å². The molecule has 0 aliphatic carbocycles. The molecule has 1 heterocycles. The molecular weight excluding hydrogens is 435 g/mol. The molecular formula is C20H20Cl2N2O4S. The number of anilines is 1. The van der Waals surface area contributed by atoms with Crippen LogP contribution in [0.25, 0.3) is 0 Å². The Balaban J connectivity index is 1.65. The van der Waals surface area contributed by atoms with Crippen LogP contribution in [0.3, 0.4) is 0 Å². The van der Waals surface area contributed by atoms with Gasteiger partial charge in [-0.2, -0.15) is 4.31 Å². The summed E-state index contributed by atoms with van der Waals surface area (Å²) < 4.78 is 27.1. The van der Waals surface area contributed by atoms with Gasteiger partial charge in [-0.15, -0.1) is 0 Å². The first-order chi connectivity index (χ1) is 13.7. The van der Waals surface area contributed by atoms with E-state index in [2.05, 4.69) is 5.32 Å². The van der Waals surface area contributed by atoms with Crippen molar-refractivity contribution >= 4 is 50.6 Å². The quantitative estimate of drug-likeness (QED) is 0.684. The van der Waals surface area contributed by atoms with Crippen molar-refractivity contribution in [3.8, 4) is 0 Å². The number of carbonyl (C=O) groups is 2. The Morgan fingerprint density at radius 2 is 1.76 bits per heavy atom. The molecule has 1 amide bonds. The molecule has 6 nitrogen and oxygen atoms in total. The topological polar surface area (TPSA) is 83.6 Å². The molecule has 3 rings (SSSR count). The van der Waals surface area contributed by atoms with Crippen LogP contribution in [0.15, 0.2) is 47.4 Å². The average molecular weight is 455 g/mol. The van der Waals surface area contributed by atoms with Gasteiger partial charge in [0.15, 0.2) is 5.78 Å². The largest absolute Gasteiger partial charge is 0.325 e. The predicted molar refractivity (Wildman–Crippen MR) is 113 cm³/mol. The Morgan fingerprint density at radius 1 is 1.07 bits per heavy atom. The molecule has 2 aromatic carbocycles. The van der Waals surface area contributed by atoms with E-state index in [1.807, 2.05) is 0 Å². The van der Waals surface area contributed by atoms with E-state index in [-0.39, 0.29) is 35.6 Å². The molecule has 0 atom stereocenters. The highest BCUT2D eigenvalue weighted by molar-refractivity contribution is 7.89. The zero-order valence-electron chi connectivity index (χ0n) is 15.7. The van der Waals surface area contributed by atoms with Crippen molar-refractivity contribution in [3.05, 3.63) is 58.1 Å². The van der Waals surface area contributed by atoms with E-state index in [0.717, 1.165) is 0 Å². The number of rotatable bonds is 5. The van der Waals surface area contributed by atoms with Gasteiger partial charge >= 0.3 is 0 Å². The van der Waals surface area contributed by atoms with E-state index in [9.17, 15) is 18.0 Å². The van der Waals surface area contributed by atoms with Crippen LogP contribution in [-0.2, 0) is 14.8 Å². The maximum Gasteiger partial charge on any atom is 0.243 e. The molecule has 1 aliphatic rings. The molecule has 1 saturated heterocycles. The van der Waals surface area contributed by atoms with Gasteiger partial charge in [-0.3, -0.25) is 9.59 Å². The second kappa shape index (κ2) is 8.83. The summed E-state index contributed by atoms with van der Waals surface area (Å²) in [6, 6.07) is 10.8. The van der Waals surface area contributed by atoms with E-state index < -0.39 is 10.0 Å². The monoisotopic (exact) mass is 454 g/mol. The van der Waals surface area contributed by atoms with Crippen LogP contribution in [0.2, 0.25) is 10.0 Å². The number of ketones is 1. The van der Waals surface area contributed by atoms with Gasteiger partial charge in [0.25, 0.3) is 0 Å². The highest BCUT2D eigenvalue weighted by atomic mass is 35.5. The molecule has 9 heteroatoms. The van der Waals surface area contributed by atoms with E-state index in [0.29, 0.717) is 34.1 Å². The van der Waals surface area contributed by atoms with Gasteiger partial charge in [0.05, 0.1) is 15.6 Å². The summed E-state index contributed by atoms with van der Waals surface area (Å²) in [7, 11) is -3.72. The Morgan fingerprint density at radius 3 is 2.38 bits per heavy atom. The number of amides is 1. The van der Waals surface area contributed by atoms with Crippen LogP contribution in [0.4, 0.5) is 5.69 Å². The smallest absolute Gasteiger partial charge is 0.243 e. The van der Waals surface area contributed by atoms with Crippen molar-refractivity contribution in [3.63, 3.8) is 0 Å². The van der Waals surface area contributed by atoms with Crippen LogP contribution < -0.4 is 5.32 Å². The molecule has 1 N–H and O–H groups in total. The molecule has 0 saturated carbocycles. The number of benzene rings is 2. The highest BCUT2D eigenvalue weighted by Crippen LogP contribution is 2.28. The molecule has 0 aromatic heterocycles. The number of hydrogen-bond acceptors (Lipinski definition) is 4. The van der Waals surface area contributed by atoms with Crippen LogP contribution in [0.1, 0.15) is 30.1 Å². The third kappa shape index (κ3) is 4.98. The standard InChI is InChI=1S/C20H20Cl2N2O4S/c1-13(25)15-3-2-4-17(11-15)29(27,28)24-9-7-14(8-10-24)20(26)23-19-6-5-16(21)12-18(19)22/h2-6,11-12,14H,7-10H2,1H3,(H,23,26). The fourth-order valence-corrected chi connectivity index (χ4v) is 5.18. The minimum absolute atomic E-state index is 0.0843. The van der Waals surface area contributed by atoms with Crippen molar-refractivity contribution in [1.29, 1.82) is 0 Å². The van der Waals surface area contributed by atoms with E-state index in [4.69, 9.17) is 23.2 Å². The Labute approximate surface area is 179 Å². The lowest BCUT2D eigenvalue weighted by Gasteiger charge is -2.30. The van der Waals surface area contributed by atoms with Crippen molar-refractivity contribution in [2.45, 2.75) is 24.7 Å². The maximum absolute atomic E-state index is 12.9. The summed E-state index contributed by atoms with van der Waals surface area (Å²) in [5, 5.41) is 3.59. The van der Waals surface area contributed by atoms with Crippen LogP contribution >= 0.6 is 23.2 Å². The van der Waals surface area contributed by atoms with Crippen LogP contribution in [0, 0.1) is 5.92 Å². The van der Waals surface area contributed by atoms with Gasteiger partial charge < -0.3 is 5.32 Å². The zero-order valence-corrected chi connectivity index (χ0v) is 18.0. The minimum Gasteiger partial charge on any atom is -0.325 e. The first-order valence-corrected chi connectivity index (χ1v) is 11.2. The highest BCUT2D eigenvalue weighted by Gasteiger charge is 2.32. The van der Waals surface area contributed by atoms with Crippen molar-refractivity contribution in [2.24, 2.45) is 5.92 Å². The maximum atomic E-state index is 12.9. The Hall–Kier alpha value is -1.93. The molecule has 154 valence electrons. The molecule has 0 unspecified atom stereocenters. The number of nitrogens with zero attached hydrogens (tertiary/aromatic N) is 1. The summed E-state index contributed by atoms with van der Waals surface area (Å²) >= 11 is 11.9. The number of sulfonamides is 1. The SMILES string of the molecule is CC(=O)c1cccc(S(=O)(=O)N2CCC(C(=O)Nc3ccc(Cl)cc3Cl)CC2)c1. The van der Waals surface area contributed by atoms with Gasteiger partial charge in [0, 0.05) is 29.6 Å². The minimum atomic E-state index is -3.72. The zero-order chi connectivity index (χ0) is 21.2. The molecule has 0 bridgehead atoms. The van der Waals surface area contributed by atoms with E-state index >= 15 is 0 Å². The summed E-state index contributed by atoms with van der Waals surface area (Å²) in [6.07, 6.45) is 0.783. The summed E-state index contributed by atoms with van der Waals surface area (Å²) in [5.41, 5.74) is 0.817. The van der Waals surface area contributed by atoms with Crippen molar-refractivity contribution in [2.75, 3.05) is 18.4 Å². The van der Waals surface area contributed by atoms with Crippen molar-refractivity contribution < 1.29 is 18.0 Å². The predicted octanol–water partition coefficient (Wildman–Crippen LogP) is 4.24. The molecule has 0 spiro atoms. The Bertz CT molecular complexity index is 1050. The lowest BCUT2D eigenvalue weighted by atomic mass is 9.97. The summed E-state index contributed by atoms with van der Waals surface area (Å²) in [6.45, 7) is 1.83. The van der Waals surface area contributed by atoms with Gasteiger partial charge in [0.1, 0.15) is 0 Å². The van der Waals surface area contributed by atoms with Crippen LogP contribution in [-0.4, -0.2) is 37.5 Å². The third-order valence-corrected chi connectivity index (χ3v) is 7.33. The Kier molecular flexibility index (Phi) is 6.63. The molecule has 29 heavy (non-hydrogen) atoms. The lowest BCUT2D eigenvalue weighted by Crippen LogP contribution is -2.41. The van der Waals surface area contributed by atoms with Crippen LogP contribution in [0.5, 0.6) is 0 Å². The van der Waals surface area contributed by atoms with Gasteiger partial charge in [0.2, 0.25) is 15.9 Å². The molecule has 2 aromatic rings. The number of halogens is 2. The van der Waals surface area contributed by atoms with Gasteiger partial charge in [-0.25, -0.2) is 8.42 Å². The number of nitrogens with one attached hydrogen (secondary N) is 1. The summed E-state index contributed by atoms with van der Waals surface area (Å²) in [5.74, 6) is -0.722. The number of Topliss-reactive ketones (excluding diaryl/α,β-unsaturated/α-hetero) is 1. The third-order valence-electron chi connectivity index (χ3n) is 4.89. The molecule has 1 aliphatic heterocycles. The first-order valence-electron chi connectivity index (χ1n) is 9.05. The fraction of sp³-hybridized carbons (Fsp3) is 0.300. The normalized spacial score (nSPS) is 15.8. The van der Waals surface area contributed by atoms with Gasteiger partial charge in [-0.1, -0.05) is 35.3 Å². The number of piperidine rings is 1. The molecule has 0 radical (unpaired) electrons. The number of carbonyl (C=O) groups excluding carboxylic acids is 2. The van der Waals surface area contributed by atoms with Crippen molar-refractivity contribution in [1.82, 2.24) is 4.31 Å².